The van der Waals surface area contributed by atoms with Gasteiger partial charge in [0.2, 0.25) is 5.91 Å². The van der Waals surface area contributed by atoms with Crippen molar-refractivity contribution in [3.63, 3.8) is 0 Å². The van der Waals surface area contributed by atoms with Gasteiger partial charge in [0.1, 0.15) is 0 Å². The first kappa shape index (κ1) is 51.1. The van der Waals surface area contributed by atoms with E-state index < -0.39 is 12.1 Å². The van der Waals surface area contributed by atoms with Crippen molar-refractivity contribution < 1.29 is 15.0 Å². The first-order chi connectivity index (χ1) is 26.2. The molecule has 0 aliphatic carbocycles. The van der Waals surface area contributed by atoms with Crippen molar-refractivity contribution in [2.24, 2.45) is 0 Å². The van der Waals surface area contributed by atoms with Crippen molar-refractivity contribution in [1.29, 1.82) is 0 Å². The third-order valence-electron chi connectivity index (χ3n) is 10.2. The summed E-state index contributed by atoms with van der Waals surface area (Å²) >= 11 is 0. The van der Waals surface area contributed by atoms with Crippen LogP contribution in [0.15, 0.2) is 60.8 Å². The molecule has 308 valence electrons. The Morgan fingerprint density at radius 1 is 0.453 bits per heavy atom. The molecule has 0 aromatic heterocycles. The lowest BCUT2D eigenvalue weighted by Gasteiger charge is -2.19. The zero-order valence-corrected chi connectivity index (χ0v) is 35.3. The summed E-state index contributed by atoms with van der Waals surface area (Å²) in [5, 5.41) is 23.0. The molecule has 0 fully saturated rings. The summed E-state index contributed by atoms with van der Waals surface area (Å²) in [7, 11) is 0. The third kappa shape index (κ3) is 41.1. The van der Waals surface area contributed by atoms with Gasteiger partial charge in [-0.05, 0) is 77.0 Å². The molecule has 2 atom stereocenters. The molecule has 4 heteroatoms. The predicted octanol–water partition coefficient (Wildman–Crippen LogP) is 14.5. The van der Waals surface area contributed by atoms with E-state index in [4.69, 9.17) is 0 Å². The molecule has 0 rings (SSSR count). The van der Waals surface area contributed by atoms with Gasteiger partial charge in [0, 0.05) is 6.42 Å². The zero-order chi connectivity index (χ0) is 38.6. The number of hydrogen-bond acceptors (Lipinski definition) is 3. The number of nitrogens with one attached hydrogen (secondary N) is 1. The minimum Gasteiger partial charge on any atom is -0.394 e. The van der Waals surface area contributed by atoms with Crippen LogP contribution >= 0.6 is 0 Å². The van der Waals surface area contributed by atoms with Crippen molar-refractivity contribution in [3.05, 3.63) is 60.8 Å². The lowest BCUT2D eigenvalue weighted by molar-refractivity contribution is -0.123. The molecule has 0 aromatic rings. The molecule has 0 spiro atoms. The molecule has 3 N–H and O–H groups in total. The van der Waals surface area contributed by atoms with Crippen molar-refractivity contribution in [3.8, 4) is 0 Å². The summed E-state index contributed by atoms with van der Waals surface area (Å²) in [6.07, 6.45) is 61.9. The lowest BCUT2D eigenvalue weighted by Crippen LogP contribution is -2.45. The van der Waals surface area contributed by atoms with E-state index in [-0.39, 0.29) is 12.5 Å². The molecule has 0 bridgehead atoms. The van der Waals surface area contributed by atoms with Crippen molar-refractivity contribution in [2.75, 3.05) is 6.61 Å². The minimum absolute atomic E-state index is 0.0837. The van der Waals surface area contributed by atoms with Crippen LogP contribution in [0.3, 0.4) is 0 Å². The normalized spacial score (nSPS) is 13.5. The average Bonchev–Trinajstić information content (AvgIpc) is 3.16. The predicted molar refractivity (Wildman–Crippen MR) is 234 cm³/mol. The van der Waals surface area contributed by atoms with Gasteiger partial charge in [-0.25, -0.2) is 0 Å². The molecule has 0 aromatic carbocycles. The molecular weight excluding hydrogens is 651 g/mol. The summed E-state index contributed by atoms with van der Waals surface area (Å²) in [5.74, 6) is -0.0837. The van der Waals surface area contributed by atoms with E-state index in [0.717, 1.165) is 44.9 Å². The van der Waals surface area contributed by atoms with E-state index in [1.54, 1.807) is 6.08 Å². The van der Waals surface area contributed by atoms with Gasteiger partial charge in [0.15, 0.2) is 0 Å². The van der Waals surface area contributed by atoms with Gasteiger partial charge < -0.3 is 15.5 Å². The Bertz CT molecular complexity index is 888. The molecule has 4 nitrogen and oxygen atoms in total. The summed E-state index contributed by atoms with van der Waals surface area (Å²) < 4.78 is 0. The number of unbranched alkanes of at least 4 members (excludes halogenated alkanes) is 26. The smallest absolute Gasteiger partial charge is 0.220 e. The highest BCUT2D eigenvalue weighted by Crippen LogP contribution is 2.13. The van der Waals surface area contributed by atoms with Crippen LogP contribution in [0.4, 0.5) is 0 Å². The molecular formula is C49H89NO3. The van der Waals surface area contributed by atoms with Crippen LogP contribution in [0.2, 0.25) is 0 Å². The Balaban J connectivity index is 3.62. The molecule has 0 saturated heterocycles. The molecule has 0 saturated carbocycles. The van der Waals surface area contributed by atoms with Gasteiger partial charge in [0.25, 0.3) is 0 Å². The SMILES string of the molecule is CCCCCCCC/C=C/CC/C=C/CC/C=C/C(O)C(CO)NC(=O)CCCCCCCCCCC/C=C\C/C=C\CCCCCCCCCCC. The first-order valence-electron chi connectivity index (χ1n) is 23.0. The van der Waals surface area contributed by atoms with Crippen LogP contribution in [-0.2, 0) is 4.79 Å². The molecule has 0 aliphatic heterocycles. The van der Waals surface area contributed by atoms with Crippen LogP contribution in [0.1, 0.15) is 226 Å². The topological polar surface area (TPSA) is 69.6 Å². The maximum atomic E-state index is 12.4. The highest BCUT2D eigenvalue weighted by Gasteiger charge is 2.17. The van der Waals surface area contributed by atoms with Crippen LogP contribution in [-0.4, -0.2) is 34.9 Å². The monoisotopic (exact) mass is 740 g/mol. The molecule has 2 unspecified atom stereocenters. The summed E-state index contributed by atoms with van der Waals surface area (Å²) in [6.45, 7) is 4.28. The van der Waals surface area contributed by atoms with Gasteiger partial charge in [-0.15, -0.1) is 0 Å². The Labute approximate surface area is 330 Å². The molecule has 0 radical (unpaired) electrons. The third-order valence-corrected chi connectivity index (χ3v) is 10.2. The summed E-state index contributed by atoms with van der Waals surface area (Å²) in [5.41, 5.74) is 0. The number of carbonyl (C=O) groups is 1. The van der Waals surface area contributed by atoms with Gasteiger partial charge in [-0.2, -0.15) is 0 Å². The van der Waals surface area contributed by atoms with Crippen LogP contribution in [0.25, 0.3) is 0 Å². The van der Waals surface area contributed by atoms with Gasteiger partial charge in [0.05, 0.1) is 18.8 Å². The van der Waals surface area contributed by atoms with E-state index in [0.29, 0.717) is 6.42 Å². The summed E-state index contributed by atoms with van der Waals surface area (Å²) in [6, 6.07) is -0.649. The number of aliphatic hydroxyl groups is 2. The second-order valence-electron chi connectivity index (χ2n) is 15.4. The Morgan fingerprint density at radius 2 is 0.792 bits per heavy atom. The fourth-order valence-corrected chi connectivity index (χ4v) is 6.65. The number of aliphatic hydroxyl groups excluding tert-OH is 2. The number of carbonyl (C=O) groups excluding carboxylic acids is 1. The van der Waals surface area contributed by atoms with E-state index >= 15 is 0 Å². The first-order valence-corrected chi connectivity index (χ1v) is 23.0. The summed E-state index contributed by atoms with van der Waals surface area (Å²) in [4.78, 5) is 12.4. The van der Waals surface area contributed by atoms with Crippen molar-refractivity contribution in [2.45, 2.75) is 238 Å². The Morgan fingerprint density at radius 3 is 1.21 bits per heavy atom. The Kier molecular flexibility index (Phi) is 42.9. The highest BCUT2D eigenvalue weighted by molar-refractivity contribution is 5.76. The van der Waals surface area contributed by atoms with E-state index in [1.807, 2.05) is 6.08 Å². The number of rotatable bonds is 41. The van der Waals surface area contributed by atoms with Crippen LogP contribution < -0.4 is 5.32 Å². The zero-order valence-electron chi connectivity index (χ0n) is 35.3. The minimum atomic E-state index is -0.873. The Hall–Kier alpha value is -1.91. The van der Waals surface area contributed by atoms with Crippen molar-refractivity contribution in [1.82, 2.24) is 5.32 Å². The maximum absolute atomic E-state index is 12.4. The second-order valence-corrected chi connectivity index (χ2v) is 15.4. The number of hydrogen-bond donors (Lipinski definition) is 3. The molecule has 1 amide bonds. The second kappa shape index (κ2) is 44.5. The lowest BCUT2D eigenvalue weighted by atomic mass is 10.1. The van der Waals surface area contributed by atoms with E-state index in [1.165, 1.54) is 161 Å². The van der Waals surface area contributed by atoms with Crippen LogP contribution in [0.5, 0.6) is 0 Å². The molecule has 0 heterocycles. The standard InChI is InChI=1S/C49H89NO3/c1-3-5-7-9-11-13-15-17-19-21-22-23-24-25-26-27-28-29-31-33-35-37-39-41-43-45-49(53)50-47(46-51)48(52)44-42-40-38-36-34-32-30-20-18-16-14-12-10-8-6-4-2/h18,20,22-23,25-26,34,36,42,44,47-48,51-52H,3-17,19,21,24,27-33,35,37-41,43,45-46H2,1-2H3,(H,50,53)/b20-18+,23-22-,26-25-,36-34+,44-42+. The van der Waals surface area contributed by atoms with E-state index in [2.05, 4.69) is 67.8 Å². The maximum Gasteiger partial charge on any atom is 0.220 e. The average molecular weight is 740 g/mol. The highest BCUT2D eigenvalue weighted by atomic mass is 16.3. The number of allylic oxidation sites excluding steroid dienone is 9. The molecule has 53 heavy (non-hydrogen) atoms. The molecule has 0 aliphatic rings. The van der Waals surface area contributed by atoms with Crippen molar-refractivity contribution >= 4 is 5.91 Å². The van der Waals surface area contributed by atoms with Gasteiger partial charge in [-0.3, -0.25) is 4.79 Å². The van der Waals surface area contributed by atoms with Gasteiger partial charge in [-0.1, -0.05) is 203 Å². The van der Waals surface area contributed by atoms with Crippen LogP contribution in [0, 0.1) is 0 Å². The number of amides is 1. The largest absolute Gasteiger partial charge is 0.394 e. The quantitative estimate of drug-likeness (QED) is 0.0432. The fourth-order valence-electron chi connectivity index (χ4n) is 6.65. The van der Waals surface area contributed by atoms with Gasteiger partial charge >= 0.3 is 0 Å². The van der Waals surface area contributed by atoms with E-state index in [9.17, 15) is 15.0 Å². The fraction of sp³-hybridized carbons (Fsp3) is 0.776.